The molecule has 3 aromatic heterocycles. The number of rotatable bonds is 7. The van der Waals surface area contributed by atoms with Gasteiger partial charge >= 0.3 is 135 Å². The number of aromatic nitrogens is 2. The van der Waals surface area contributed by atoms with E-state index in [0.29, 0.717) is 17.5 Å². The van der Waals surface area contributed by atoms with Crippen LogP contribution in [0.5, 0.6) is 0 Å². The number of hydrogen-bond donors (Lipinski definition) is 0. The molecule has 1 unspecified atom stereocenters. The molecule has 5 aromatic carbocycles. The average Bonchev–Trinajstić information content (AvgIpc) is 3.66. The topological polar surface area (TPSA) is 38.9 Å². The first-order valence-electron chi connectivity index (χ1n) is 21.1. The number of hydrogen-bond acceptors (Lipinski definition) is 3. The van der Waals surface area contributed by atoms with Crippen LogP contribution in [0.25, 0.3) is 66.7 Å². The molecule has 3 aliphatic carbocycles. The number of furan rings is 1. The first kappa shape index (κ1) is 36.7. The molecular weight excluding hydrogens is 933 g/mol. The van der Waals surface area contributed by atoms with Gasteiger partial charge in [-0.3, -0.25) is 0 Å². The van der Waals surface area contributed by atoms with E-state index in [1.807, 2.05) is 60.8 Å². The summed E-state index contributed by atoms with van der Waals surface area (Å²) in [7, 11) is 0. The van der Waals surface area contributed by atoms with Gasteiger partial charge in [0.2, 0.25) is 0 Å². The Morgan fingerprint density at radius 3 is 2.09 bits per heavy atom. The van der Waals surface area contributed by atoms with Crippen molar-refractivity contribution in [2.45, 2.75) is 55.7 Å². The predicted molar refractivity (Wildman–Crippen MR) is 235 cm³/mol. The summed E-state index contributed by atoms with van der Waals surface area (Å²) in [4.78, 5) is 9.28. The number of pyridine rings is 2. The van der Waals surface area contributed by atoms with Crippen molar-refractivity contribution in [1.82, 2.24) is 9.97 Å². The Bertz CT molecular complexity index is 2670. The Kier molecular flexibility index (Phi) is 11.0. The van der Waals surface area contributed by atoms with Gasteiger partial charge in [-0.1, -0.05) is 77.9 Å². The molecule has 287 valence electrons. The van der Waals surface area contributed by atoms with Gasteiger partial charge in [-0.25, -0.2) is 0 Å². The summed E-state index contributed by atoms with van der Waals surface area (Å²) < 4.78 is 26.1. The number of benzene rings is 5. The molecule has 3 nitrogen and oxygen atoms in total. The molecule has 57 heavy (non-hydrogen) atoms. The maximum Gasteiger partial charge on any atom is 0 e. The quantitative estimate of drug-likeness (QED) is 0.118. The smallest absolute Gasteiger partial charge is 0 e. The Hall–Kier alpha value is -4.61. The Balaban J connectivity index is 0.000000181. The number of fused-ring (bicyclic) bond motifs is 6. The molecule has 0 amide bonds. The van der Waals surface area contributed by atoms with Crippen LogP contribution in [0.2, 0.25) is 17.3 Å². The fraction of sp³-hybridized carbons (Fsp3) is 0.231. The third kappa shape index (κ3) is 8.65. The van der Waals surface area contributed by atoms with Crippen LogP contribution < -0.4 is 4.40 Å². The zero-order chi connectivity index (χ0) is 39.9. The molecule has 8 aromatic rings. The van der Waals surface area contributed by atoms with E-state index in [4.69, 9.17) is 7.16 Å². The summed E-state index contributed by atoms with van der Waals surface area (Å²) in [5.41, 5.74) is 10.5. The fourth-order valence-electron chi connectivity index (χ4n) is 8.56. The molecule has 0 saturated heterocycles. The first-order chi connectivity index (χ1) is 28.1. The minimum absolute atomic E-state index is 0. The second-order valence-electron chi connectivity index (χ2n) is 16.5. The molecule has 0 aliphatic heterocycles. The largest absolute Gasteiger partial charge is 0 e. The predicted octanol–water partition coefficient (Wildman–Crippen LogP) is 13.2. The van der Waals surface area contributed by atoms with Gasteiger partial charge in [-0.15, -0.1) is 18.2 Å². The summed E-state index contributed by atoms with van der Waals surface area (Å²) in [5, 5.41) is 2.09. The van der Waals surface area contributed by atoms with Crippen molar-refractivity contribution in [3.8, 4) is 44.8 Å². The summed E-state index contributed by atoms with van der Waals surface area (Å²) >= 11 is -1.78. The molecule has 5 heteroatoms. The van der Waals surface area contributed by atoms with Crippen LogP contribution in [0.4, 0.5) is 0 Å². The Morgan fingerprint density at radius 2 is 1.44 bits per heavy atom. The van der Waals surface area contributed by atoms with E-state index in [2.05, 4.69) is 118 Å². The standard InChI is InChI=1S/C32H28NO.C20H20GeN.Ir/c1-2-5-23(6-3-1)25-13-14-27-28-7-4-8-29(32(28)34-31(27)20-25)30-19-22(15-16-33-30)18-26-17-21-9-11-24(26)12-10-21;1-21(2,3)19-13-14-20(22-15-19)18-11-9-17(10-12-18)16-7-5-4-6-8-16;/h1-7,13-16,19-21,24,26H,9-12,17-18H2;4-11,13-15H,1-3H3;/q2*-1;/i18D2;;. The molecule has 0 spiro atoms. The van der Waals surface area contributed by atoms with Crippen molar-refractivity contribution < 1.29 is 27.3 Å². The minimum atomic E-state index is -1.78. The van der Waals surface area contributed by atoms with Crippen LogP contribution in [-0.2, 0) is 26.5 Å². The van der Waals surface area contributed by atoms with Gasteiger partial charge in [0.05, 0.1) is 5.58 Å². The van der Waals surface area contributed by atoms with Gasteiger partial charge in [0.1, 0.15) is 5.58 Å². The molecule has 2 bridgehead atoms. The Labute approximate surface area is 356 Å². The Morgan fingerprint density at radius 1 is 0.702 bits per heavy atom. The molecule has 3 heterocycles. The second kappa shape index (κ2) is 17.1. The molecule has 3 saturated carbocycles. The van der Waals surface area contributed by atoms with Crippen molar-refractivity contribution in [3.05, 3.63) is 164 Å². The maximum atomic E-state index is 9.14. The summed E-state index contributed by atoms with van der Waals surface area (Å²) in [6.45, 7) is 0. The van der Waals surface area contributed by atoms with Gasteiger partial charge in [-0.2, -0.15) is 0 Å². The monoisotopic (exact) mass is 985 g/mol. The van der Waals surface area contributed by atoms with Crippen LogP contribution >= 0.6 is 0 Å². The van der Waals surface area contributed by atoms with Gasteiger partial charge < -0.3 is 9.40 Å². The third-order valence-corrected chi connectivity index (χ3v) is 16.0. The first-order valence-corrected chi connectivity index (χ1v) is 27.4. The van der Waals surface area contributed by atoms with E-state index in [1.165, 1.54) is 41.2 Å². The van der Waals surface area contributed by atoms with Crippen LogP contribution in [0.3, 0.4) is 0 Å². The maximum absolute atomic E-state index is 9.14. The van der Waals surface area contributed by atoms with E-state index in [1.54, 1.807) is 6.20 Å². The molecule has 1 radical (unpaired) electrons. The van der Waals surface area contributed by atoms with Crippen molar-refractivity contribution in [3.63, 3.8) is 0 Å². The van der Waals surface area contributed by atoms with Gasteiger partial charge in [0.25, 0.3) is 0 Å². The van der Waals surface area contributed by atoms with Crippen molar-refractivity contribution in [2.75, 3.05) is 0 Å². The molecular formula is C52H48GeIrN2O-2. The molecule has 3 aliphatic rings. The normalized spacial score (nSPS) is 18.3. The zero-order valence-corrected chi connectivity index (χ0v) is 37.3. The van der Waals surface area contributed by atoms with E-state index < -0.39 is 19.6 Å². The van der Waals surface area contributed by atoms with Crippen LogP contribution in [0.15, 0.2) is 150 Å². The molecule has 3 fully saturated rings. The number of nitrogens with zero attached hydrogens (tertiary/aromatic N) is 2. The van der Waals surface area contributed by atoms with Crippen molar-refractivity contribution in [2.24, 2.45) is 17.8 Å². The summed E-state index contributed by atoms with van der Waals surface area (Å²) in [6.07, 6.45) is 8.31. The second-order valence-corrected chi connectivity index (χ2v) is 27.2. The molecule has 11 rings (SSSR count). The van der Waals surface area contributed by atoms with E-state index in [-0.39, 0.29) is 26.0 Å². The fourth-order valence-corrected chi connectivity index (χ4v) is 10.7. The van der Waals surface area contributed by atoms with Crippen molar-refractivity contribution >= 4 is 39.6 Å². The minimum Gasteiger partial charge on any atom is 0 e. The van der Waals surface area contributed by atoms with E-state index in [0.717, 1.165) is 61.9 Å². The van der Waals surface area contributed by atoms with Crippen molar-refractivity contribution in [1.29, 1.82) is 0 Å². The van der Waals surface area contributed by atoms with Gasteiger partial charge in [-0.05, 0) is 72.3 Å². The SMILES string of the molecule is [2H]C([2H])(c1ccnc(-c2[c-]ccc3c2oc2cc(-c4ccccc4)ccc23)c1)C1CC2CCC1CC2.[CH3][Ge]([CH3])([CH3])[c]1ccc(-c2[c-]cc(-c3ccccc3)cc2)nc1.[Ir]. The summed E-state index contributed by atoms with van der Waals surface area (Å²) in [6, 6.07) is 52.1. The average molecular weight is 984 g/mol. The van der Waals surface area contributed by atoms with Gasteiger partial charge in [0, 0.05) is 34.4 Å². The van der Waals surface area contributed by atoms with Crippen LogP contribution in [0.1, 0.15) is 40.4 Å². The van der Waals surface area contributed by atoms with Crippen LogP contribution in [0, 0.1) is 29.9 Å². The third-order valence-electron chi connectivity index (χ3n) is 11.8. The zero-order valence-electron chi connectivity index (χ0n) is 34.8. The van der Waals surface area contributed by atoms with Crippen LogP contribution in [-0.4, -0.2) is 23.2 Å². The van der Waals surface area contributed by atoms with Gasteiger partial charge in [0.15, 0.2) is 0 Å². The van der Waals surface area contributed by atoms with E-state index in [9.17, 15) is 0 Å². The molecule has 0 N–H and O–H groups in total. The summed E-state index contributed by atoms with van der Waals surface area (Å²) in [5.74, 6) is 8.43. The van der Waals surface area contributed by atoms with E-state index >= 15 is 0 Å². The molecule has 1 atom stereocenters.